The van der Waals surface area contributed by atoms with Crippen molar-refractivity contribution in [3.05, 3.63) is 58.9 Å². The van der Waals surface area contributed by atoms with Crippen LogP contribution in [0, 0.1) is 5.41 Å². The van der Waals surface area contributed by atoms with Gasteiger partial charge in [0.2, 0.25) is 0 Å². The molecule has 0 saturated carbocycles. The lowest BCUT2D eigenvalue weighted by atomic mass is 9.70. The number of allylic oxidation sites excluding steroid dienone is 4. The minimum Gasteiger partial charge on any atom is -0.362 e. The van der Waals surface area contributed by atoms with Gasteiger partial charge in [0.25, 0.3) is 0 Å². The maximum atomic E-state index is 12.6. The van der Waals surface area contributed by atoms with Gasteiger partial charge in [-0.2, -0.15) is 0 Å². The molecule has 0 unspecified atom stereocenters. The maximum Gasteiger partial charge on any atom is 0.162 e. The Balaban J connectivity index is 2.08. The molecule has 0 radical (unpaired) electrons. The number of dihydropyridines is 1. The van der Waals surface area contributed by atoms with Crippen LogP contribution in [-0.2, 0) is 4.79 Å². The van der Waals surface area contributed by atoms with Crippen molar-refractivity contribution in [3.8, 4) is 0 Å². The minimum atomic E-state index is 0.0573. The summed E-state index contributed by atoms with van der Waals surface area (Å²) in [7, 11) is 0. The second kappa shape index (κ2) is 4.62. The van der Waals surface area contributed by atoms with Crippen LogP contribution >= 0.6 is 0 Å². The molecule has 104 valence electrons. The maximum absolute atomic E-state index is 12.6. The number of nitrogens with one attached hydrogen (secondary N) is 1. The third-order valence-electron chi connectivity index (χ3n) is 4.15. The van der Waals surface area contributed by atoms with Gasteiger partial charge in [-0.1, -0.05) is 50.3 Å². The Kier molecular flexibility index (Phi) is 3.04. The van der Waals surface area contributed by atoms with Gasteiger partial charge in [-0.3, -0.25) is 4.79 Å². The molecule has 20 heavy (non-hydrogen) atoms. The molecule has 1 aromatic carbocycles. The van der Waals surface area contributed by atoms with Crippen molar-refractivity contribution in [2.24, 2.45) is 5.41 Å². The van der Waals surface area contributed by atoms with Gasteiger partial charge in [-0.05, 0) is 24.3 Å². The van der Waals surface area contributed by atoms with E-state index in [2.05, 4.69) is 44.3 Å². The lowest BCUT2D eigenvalue weighted by molar-refractivity contribution is -0.118. The quantitative estimate of drug-likeness (QED) is 0.835. The largest absolute Gasteiger partial charge is 0.362 e. The lowest BCUT2D eigenvalue weighted by Gasteiger charge is -2.37. The van der Waals surface area contributed by atoms with Gasteiger partial charge < -0.3 is 5.32 Å². The number of ketones is 1. The molecule has 1 aromatic rings. The predicted molar refractivity (Wildman–Crippen MR) is 81.1 cm³/mol. The first kappa shape index (κ1) is 13.2. The summed E-state index contributed by atoms with van der Waals surface area (Å²) in [6.07, 6.45) is 3.76. The molecule has 0 fully saturated rings. The standard InChI is InChI=1S/C18H21NO/c1-12-9-14(13-7-5-4-6-8-13)17-15(19-12)10-18(2,3)11-16(17)20/h4-9,14,19H,10-11H2,1-3H3/t14-/m1/s1. The summed E-state index contributed by atoms with van der Waals surface area (Å²) < 4.78 is 0. The van der Waals surface area contributed by atoms with E-state index in [1.807, 2.05) is 18.2 Å². The summed E-state index contributed by atoms with van der Waals surface area (Å²) in [4.78, 5) is 12.6. The van der Waals surface area contributed by atoms with Gasteiger partial charge in [0, 0.05) is 29.3 Å². The first-order valence-electron chi connectivity index (χ1n) is 7.23. The summed E-state index contributed by atoms with van der Waals surface area (Å²) in [5.41, 5.74) is 4.50. The van der Waals surface area contributed by atoms with E-state index >= 15 is 0 Å². The number of benzene rings is 1. The predicted octanol–water partition coefficient (Wildman–Crippen LogP) is 3.92. The Morgan fingerprint density at radius 2 is 1.85 bits per heavy atom. The average molecular weight is 267 g/mol. The zero-order chi connectivity index (χ0) is 14.3. The molecule has 2 aliphatic rings. The summed E-state index contributed by atoms with van der Waals surface area (Å²) in [5.74, 6) is 0.400. The normalized spacial score (nSPS) is 24.9. The van der Waals surface area contributed by atoms with Gasteiger partial charge in [0.15, 0.2) is 5.78 Å². The van der Waals surface area contributed by atoms with Crippen LogP contribution in [0.3, 0.4) is 0 Å². The lowest BCUT2D eigenvalue weighted by Crippen LogP contribution is -2.35. The fourth-order valence-corrected chi connectivity index (χ4v) is 3.34. The Bertz CT molecular complexity index is 608. The second-order valence-corrected chi connectivity index (χ2v) is 6.70. The zero-order valence-corrected chi connectivity index (χ0v) is 12.4. The van der Waals surface area contributed by atoms with Crippen molar-refractivity contribution in [1.29, 1.82) is 0 Å². The van der Waals surface area contributed by atoms with Crippen LogP contribution in [-0.4, -0.2) is 5.78 Å². The Hall–Kier alpha value is -1.83. The number of hydrogen-bond donors (Lipinski definition) is 1. The molecule has 3 rings (SSSR count). The van der Waals surface area contributed by atoms with Crippen molar-refractivity contribution in [2.45, 2.75) is 39.5 Å². The molecular formula is C18H21NO. The molecule has 1 aliphatic heterocycles. The highest BCUT2D eigenvalue weighted by atomic mass is 16.1. The SMILES string of the molecule is CC1=C[C@H](c2ccccc2)C2=C(CC(C)(C)CC2=O)N1. The summed E-state index contributed by atoms with van der Waals surface area (Å²) >= 11 is 0. The van der Waals surface area contributed by atoms with E-state index < -0.39 is 0 Å². The first-order chi connectivity index (χ1) is 9.46. The number of hydrogen-bond acceptors (Lipinski definition) is 2. The van der Waals surface area contributed by atoms with Gasteiger partial charge >= 0.3 is 0 Å². The Labute approximate surface area is 120 Å². The second-order valence-electron chi connectivity index (χ2n) is 6.70. The number of Topliss-reactive ketones (excluding diaryl/α,β-unsaturated/α-hetero) is 1. The van der Waals surface area contributed by atoms with E-state index in [1.54, 1.807) is 0 Å². The van der Waals surface area contributed by atoms with E-state index in [0.29, 0.717) is 12.2 Å². The van der Waals surface area contributed by atoms with Crippen LogP contribution < -0.4 is 5.32 Å². The molecule has 2 heteroatoms. The average Bonchev–Trinajstić information content (AvgIpc) is 2.36. The molecule has 1 heterocycles. The van der Waals surface area contributed by atoms with Crippen LogP contribution in [0.5, 0.6) is 0 Å². The van der Waals surface area contributed by atoms with E-state index in [0.717, 1.165) is 23.4 Å². The fourth-order valence-electron chi connectivity index (χ4n) is 3.34. The molecule has 0 spiro atoms. The third-order valence-corrected chi connectivity index (χ3v) is 4.15. The summed E-state index contributed by atoms with van der Waals surface area (Å²) in [6, 6.07) is 10.3. The molecule has 0 bridgehead atoms. The molecule has 0 aromatic heterocycles. The van der Waals surface area contributed by atoms with Crippen molar-refractivity contribution in [1.82, 2.24) is 5.32 Å². The summed E-state index contributed by atoms with van der Waals surface area (Å²) in [6.45, 7) is 6.41. The highest BCUT2D eigenvalue weighted by Crippen LogP contribution is 2.43. The van der Waals surface area contributed by atoms with Gasteiger partial charge in [-0.15, -0.1) is 0 Å². The molecule has 1 N–H and O–H groups in total. The van der Waals surface area contributed by atoms with Crippen LogP contribution in [0.2, 0.25) is 0 Å². The number of carbonyl (C=O) groups excluding carboxylic acids is 1. The van der Waals surface area contributed by atoms with Gasteiger partial charge in [0.05, 0.1) is 0 Å². The van der Waals surface area contributed by atoms with Gasteiger partial charge in [0.1, 0.15) is 0 Å². The minimum absolute atomic E-state index is 0.0573. The molecular weight excluding hydrogens is 246 g/mol. The molecule has 2 nitrogen and oxygen atoms in total. The van der Waals surface area contributed by atoms with E-state index in [4.69, 9.17) is 0 Å². The van der Waals surface area contributed by atoms with Crippen molar-refractivity contribution in [2.75, 3.05) is 0 Å². The molecule has 0 saturated heterocycles. The number of rotatable bonds is 1. The van der Waals surface area contributed by atoms with E-state index in [1.165, 1.54) is 5.56 Å². The van der Waals surface area contributed by atoms with E-state index in [9.17, 15) is 4.79 Å². The monoisotopic (exact) mass is 267 g/mol. The fraction of sp³-hybridized carbons (Fsp3) is 0.389. The van der Waals surface area contributed by atoms with Crippen LogP contribution in [0.25, 0.3) is 0 Å². The number of carbonyl (C=O) groups is 1. The first-order valence-corrected chi connectivity index (χ1v) is 7.23. The van der Waals surface area contributed by atoms with Crippen molar-refractivity contribution < 1.29 is 4.79 Å². The highest BCUT2D eigenvalue weighted by Gasteiger charge is 2.37. The van der Waals surface area contributed by atoms with Crippen molar-refractivity contribution in [3.63, 3.8) is 0 Å². The summed E-state index contributed by atoms with van der Waals surface area (Å²) in [5, 5.41) is 3.42. The highest BCUT2D eigenvalue weighted by molar-refractivity contribution is 5.99. The van der Waals surface area contributed by atoms with Crippen LogP contribution in [0.15, 0.2) is 53.4 Å². The Morgan fingerprint density at radius 1 is 1.15 bits per heavy atom. The van der Waals surface area contributed by atoms with Crippen LogP contribution in [0.1, 0.15) is 45.1 Å². The van der Waals surface area contributed by atoms with E-state index in [-0.39, 0.29) is 11.3 Å². The smallest absolute Gasteiger partial charge is 0.162 e. The zero-order valence-electron chi connectivity index (χ0n) is 12.4. The third kappa shape index (κ3) is 2.31. The Morgan fingerprint density at radius 3 is 2.55 bits per heavy atom. The van der Waals surface area contributed by atoms with Crippen molar-refractivity contribution >= 4 is 5.78 Å². The van der Waals surface area contributed by atoms with Crippen LogP contribution in [0.4, 0.5) is 0 Å². The molecule has 1 atom stereocenters. The molecule has 0 amide bonds. The molecule has 1 aliphatic carbocycles. The topological polar surface area (TPSA) is 29.1 Å². The van der Waals surface area contributed by atoms with Gasteiger partial charge in [-0.25, -0.2) is 0 Å².